The van der Waals surface area contributed by atoms with Gasteiger partial charge in [0, 0.05) is 16.9 Å². The average Bonchev–Trinajstić information content (AvgIpc) is 3.06. The predicted molar refractivity (Wildman–Crippen MR) is 112 cm³/mol. The van der Waals surface area contributed by atoms with Crippen LogP contribution in [0.15, 0.2) is 29.1 Å². The van der Waals surface area contributed by atoms with E-state index in [2.05, 4.69) is 4.98 Å². The van der Waals surface area contributed by atoms with E-state index in [-0.39, 0.29) is 5.56 Å². The second-order valence-electron chi connectivity index (χ2n) is 7.05. The fourth-order valence-corrected chi connectivity index (χ4v) is 4.52. The van der Waals surface area contributed by atoms with Crippen LogP contribution in [-0.2, 0) is 23.2 Å². The maximum Gasteiger partial charge on any atom is 0.329 e. The second kappa shape index (κ2) is 7.39. The Hall–Kier alpha value is -2.67. The third kappa shape index (κ3) is 3.09. The number of carboxylic acid groups (broad SMARTS) is 1. The van der Waals surface area contributed by atoms with Crippen LogP contribution in [0.25, 0.3) is 21.3 Å². The maximum absolute atomic E-state index is 13.6. The van der Waals surface area contributed by atoms with Gasteiger partial charge in [0.2, 0.25) is 0 Å². The number of carboxylic acids is 1. The van der Waals surface area contributed by atoms with Crippen LogP contribution in [0.1, 0.15) is 38.4 Å². The molecule has 28 heavy (non-hydrogen) atoms. The number of methoxy groups -OCH3 is 1. The van der Waals surface area contributed by atoms with Crippen molar-refractivity contribution in [2.24, 2.45) is 0 Å². The molecule has 1 aromatic carbocycles. The highest BCUT2D eigenvalue weighted by Gasteiger charge is 2.34. The summed E-state index contributed by atoms with van der Waals surface area (Å²) in [4.78, 5) is 31.8. The monoisotopic (exact) mass is 400 g/mol. The van der Waals surface area contributed by atoms with Crippen molar-refractivity contribution in [2.75, 3.05) is 7.11 Å². The molecule has 6 nitrogen and oxygen atoms in total. The van der Waals surface area contributed by atoms with Crippen LogP contribution in [0, 0.1) is 0 Å². The Labute approximate surface area is 167 Å². The first kappa shape index (κ1) is 20.1. The van der Waals surface area contributed by atoms with Crippen LogP contribution >= 0.6 is 11.3 Å². The highest BCUT2D eigenvalue weighted by atomic mass is 32.1. The van der Waals surface area contributed by atoms with Crippen molar-refractivity contribution in [3.05, 3.63) is 45.3 Å². The van der Waals surface area contributed by atoms with E-state index in [1.807, 2.05) is 38.1 Å². The van der Waals surface area contributed by atoms with Crippen LogP contribution in [0.4, 0.5) is 0 Å². The van der Waals surface area contributed by atoms with Crippen molar-refractivity contribution in [1.82, 2.24) is 9.55 Å². The fourth-order valence-electron chi connectivity index (χ4n) is 3.38. The first-order valence-electron chi connectivity index (χ1n) is 9.21. The lowest BCUT2D eigenvalue weighted by Crippen LogP contribution is -2.44. The summed E-state index contributed by atoms with van der Waals surface area (Å²) in [5.41, 5.74) is -0.0337. The van der Waals surface area contributed by atoms with Gasteiger partial charge >= 0.3 is 5.97 Å². The highest BCUT2D eigenvalue weighted by Crippen LogP contribution is 2.38. The molecular formula is C21H24N2O4S. The highest BCUT2D eigenvalue weighted by molar-refractivity contribution is 7.19. The number of hydrogen-bond acceptors (Lipinski definition) is 5. The molecule has 0 aliphatic rings. The fraction of sp³-hybridized carbons (Fsp3) is 0.381. The minimum Gasteiger partial charge on any atom is -0.497 e. The number of thiophene rings is 1. The summed E-state index contributed by atoms with van der Waals surface area (Å²) < 4.78 is 6.67. The van der Waals surface area contributed by atoms with E-state index in [0.29, 0.717) is 28.2 Å². The number of aliphatic carboxylic acids is 1. The van der Waals surface area contributed by atoms with Gasteiger partial charge in [-0.3, -0.25) is 9.36 Å². The molecule has 0 saturated heterocycles. The van der Waals surface area contributed by atoms with Gasteiger partial charge in [-0.05, 0) is 38.0 Å². The van der Waals surface area contributed by atoms with E-state index in [9.17, 15) is 14.7 Å². The van der Waals surface area contributed by atoms with Gasteiger partial charge in [0.15, 0.2) is 0 Å². The summed E-state index contributed by atoms with van der Waals surface area (Å²) in [5.74, 6) is 0.105. The Balaban J connectivity index is 2.46. The first-order valence-corrected chi connectivity index (χ1v) is 10.0. The molecule has 0 bridgehead atoms. The molecule has 0 amide bonds. The average molecular weight is 401 g/mol. The Morgan fingerprint density at radius 3 is 2.57 bits per heavy atom. The van der Waals surface area contributed by atoms with Crippen molar-refractivity contribution >= 4 is 27.5 Å². The van der Waals surface area contributed by atoms with Crippen LogP contribution in [-0.4, -0.2) is 27.7 Å². The number of ether oxygens (including phenoxy) is 1. The molecule has 0 aliphatic heterocycles. The van der Waals surface area contributed by atoms with Gasteiger partial charge in [0.05, 0.1) is 12.5 Å². The van der Waals surface area contributed by atoms with E-state index in [1.54, 1.807) is 7.11 Å². The topological polar surface area (TPSA) is 81.4 Å². The summed E-state index contributed by atoms with van der Waals surface area (Å²) in [7, 11) is 1.60. The SMILES string of the molecule is CCc1sc2nc(CC)n(C(C)(C)C(=O)O)c(=O)c2c1-c1cccc(OC)c1. The number of hydrogen-bond donors (Lipinski definition) is 1. The number of aromatic nitrogens is 2. The Kier molecular flexibility index (Phi) is 5.30. The molecule has 0 atom stereocenters. The quantitative estimate of drug-likeness (QED) is 0.674. The Morgan fingerprint density at radius 2 is 2.00 bits per heavy atom. The third-order valence-corrected chi connectivity index (χ3v) is 6.17. The molecule has 3 aromatic rings. The minimum absolute atomic E-state index is 0.317. The number of nitrogens with zero attached hydrogens (tertiary/aromatic N) is 2. The van der Waals surface area contributed by atoms with Crippen LogP contribution in [0.2, 0.25) is 0 Å². The van der Waals surface area contributed by atoms with Gasteiger partial charge in [0.25, 0.3) is 5.56 Å². The van der Waals surface area contributed by atoms with Crippen molar-refractivity contribution in [3.63, 3.8) is 0 Å². The van der Waals surface area contributed by atoms with Gasteiger partial charge in [-0.1, -0.05) is 26.0 Å². The standard InChI is InChI=1S/C21H24N2O4S/c1-6-14-16(12-9-8-10-13(11-12)27-5)17-18(28-14)22-15(7-2)23(19(17)24)21(3,4)20(25)26/h8-11H,6-7H2,1-5H3,(H,25,26). The predicted octanol–water partition coefficient (Wildman–Crippen LogP) is 4.08. The minimum atomic E-state index is -1.40. The molecule has 0 radical (unpaired) electrons. The molecule has 0 saturated carbocycles. The molecule has 148 valence electrons. The molecule has 0 fully saturated rings. The zero-order valence-electron chi connectivity index (χ0n) is 16.7. The largest absolute Gasteiger partial charge is 0.497 e. The van der Waals surface area contributed by atoms with Gasteiger partial charge in [-0.15, -0.1) is 11.3 Å². The molecule has 2 aromatic heterocycles. The first-order chi connectivity index (χ1) is 13.3. The molecule has 0 aliphatic carbocycles. The molecule has 0 unspecified atom stereocenters. The number of carbonyl (C=O) groups is 1. The van der Waals surface area contributed by atoms with Gasteiger partial charge < -0.3 is 9.84 Å². The van der Waals surface area contributed by atoms with E-state index in [0.717, 1.165) is 22.4 Å². The summed E-state index contributed by atoms with van der Waals surface area (Å²) in [6.07, 6.45) is 1.21. The molecule has 1 N–H and O–H groups in total. The number of rotatable bonds is 6. The Morgan fingerprint density at radius 1 is 1.29 bits per heavy atom. The van der Waals surface area contributed by atoms with Crippen molar-refractivity contribution < 1.29 is 14.6 Å². The molecule has 7 heteroatoms. The second-order valence-corrected chi connectivity index (χ2v) is 8.14. The van der Waals surface area contributed by atoms with Crippen LogP contribution in [0.5, 0.6) is 5.75 Å². The van der Waals surface area contributed by atoms with Crippen LogP contribution in [0.3, 0.4) is 0 Å². The normalized spacial score (nSPS) is 11.8. The van der Waals surface area contributed by atoms with Crippen molar-refractivity contribution in [1.29, 1.82) is 0 Å². The number of benzene rings is 1. The van der Waals surface area contributed by atoms with E-state index < -0.39 is 11.5 Å². The summed E-state index contributed by atoms with van der Waals surface area (Å²) in [6, 6.07) is 7.55. The number of fused-ring (bicyclic) bond motifs is 1. The van der Waals surface area contributed by atoms with E-state index in [4.69, 9.17) is 4.74 Å². The van der Waals surface area contributed by atoms with Gasteiger partial charge in [-0.2, -0.15) is 0 Å². The summed E-state index contributed by atoms with van der Waals surface area (Å²) >= 11 is 1.49. The van der Waals surface area contributed by atoms with Crippen LogP contribution < -0.4 is 10.3 Å². The molecular weight excluding hydrogens is 376 g/mol. The third-order valence-electron chi connectivity index (χ3n) is 4.95. The number of aryl methyl sites for hydroxylation is 2. The lowest BCUT2D eigenvalue weighted by Gasteiger charge is -2.25. The zero-order chi connectivity index (χ0) is 20.6. The molecule has 0 spiro atoms. The summed E-state index contributed by atoms with van der Waals surface area (Å²) in [5, 5.41) is 10.2. The smallest absolute Gasteiger partial charge is 0.329 e. The van der Waals surface area contributed by atoms with Crippen molar-refractivity contribution in [2.45, 2.75) is 46.1 Å². The van der Waals surface area contributed by atoms with Crippen molar-refractivity contribution in [3.8, 4) is 16.9 Å². The lowest BCUT2D eigenvalue weighted by atomic mass is 10.0. The van der Waals surface area contributed by atoms with Gasteiger partial charge in [0.1, 0.15) is 21.9 Å². The Bertz CT molecular complexity index is 1110. The molecule has 2 heterocycles. The summed E-state index contributed by atoms with van der Waals surface area (Å²) in [6.45, 7) is 6.97. The van der Waals surface area contributed by atoms with Gasteiger partial charge in [-0.25, -0.2) is 9.78 Å². The lowest BCUT2D eigenvalue weighted by molar-refractivity contribution is -0.146. The van der Waals surface area contributed by atoms with E-state index in [1.165, 1.54) is 29.8 Å². The van der Waals surface area contributed by atoms with E-state index >= 15 is 0 Å². The molecule has 3 rings (SSSR count). The zero-order valence-corrected chi connectivity index (χ0v) is 17.5. The maximum atomic E-state index is 13.6.